The van der Waals surface area contributed by atoms with E-state index in [1.165, 1.54) is 16.4 Å². The first-order valence-electron chi connectivity index (χ1n) is 9.72. The van der Waals surface area contributed by atoms with E-state index in [1.54, 1.807) is 19.9 Å². The minimum absolute atomic E-state index is 0.0612. The van der Waals surface area contributed by atoms with Crippen LogP contribution in [0.3, 0.4) is 0 Å². The number of rotatable bonds is 9. The molecule has 158 valence electrons. The van der Waals surface area contributed by atoms with Gasteiger partial charge in [-0.05, 0) is 31.0 Å². The van der Waals surface area contributed by atoms with Crippen LogP contribution in [0.5, 0.6) is 0 Å². The Hall–Kier alpha value is -2.57. The first-order valence-corrected chi connectivity index (χ1v) is 11.2. The first-order chi connectivity index (χ1) is 13.8. The fraction of sp³-hybridized carbons (Fsp3) is 0.500. The van der Waals surface area contributed by atoms with E-state index in [0.717, 1.165) is 25.9 Å². The van der Waals surface area contributed by atoms with E-state index in [2.05, 4.69) is 21.5 Å². The van der Waals surface area contributed by atoms with Crippen LogP contribution in [0.2, 0.25) is 0 Å². The van der Waals surface area contributed by atoms with Gasteiger partial charge in [-0.2, -0.15) is 4.31 Å². The Balaban J connectivity index is 2.34. The van der Waals surface area contributed by atoms with Gasteiger partial charge >= 0.3 is 0 Å². The summed E-state index contributed by atoms with van der Waals surface area (Å²) in [6.07, 6.45) is 7.12. The molecule has 0 unspecified atom stereocenters. The molecule has 0 spiro atoms. The largest absolute Gasteiger partial charge is 0.371 e. The number of hydrogen-bond acceptors (Lipinski definition) is 5. The summed E-state index contributed by atoms with van der Waals surface area (Å²) in [5.41, 5.74) is 0.910. The highest BCUT2D eigenvalue weighted by atomic mass is 32.2. The van der Waals surface area contributed by atoms with Gasteiger partial charge in [-0.25, -0.2) is 8.42 Å². The zero-order chi connectivity index (χ0) is 21.4. The lowest BCUT2D eigenvalue weighted by atomic mass is 10.1. The van der Waals surface area contributed by atoms with Crippen molar-refractivity contribution in [3.8, 4) is 12.3 Å². The summed E-state index contributed by atoms with van der Waals surface area (Å²) in [4.78, 5) is 26.7. The summed E-state index contributed by atoms with van der Waals surface area (Å²) in [6, 6.07) is 4.61. The fourth-order valence-electron chi connectivity index (χ4n) is 3.27. The van der Waals surface area contributed by atoms with Crippen molar-refractivity contribution >= 4 is 27.5 Å². The number of sulfonamides is 1. The number of amides is 2. The molecule has 2 amide bonds. The van der Waals surface area contributed by atoms with Crippen molar-refractivity contribution in [2.24, 2.45) is 0 Å². The summed E-state index contributed by atoms with van der Waals surface area (Å²) < 4.78 is 27.1. The van der Waals surface area contributed by atoms with Gasteiger partial charge in [0.15, 0.2) is 0 Å². The number of carbonyl (C=O) groups is 2. The molecule has 29 heavy (non-hydrogen) atoms. The van der Waals surface area contributed by atoms with E-state index in [9.17, 15) is 18.0 Å². The molecule has 2 rings (SSSR count). The molecule has 0 atom stereocenters. The summed E-state index contributed by atoms with van der Waals surface area (Å²) in [7, 11) is -3.71. The number of carbonyl (C=O) groups excluding carboxylic acids is 2. The molecule has 1 aliphatic heterocycles. The van der Waals surface area contributed by atoms with Crippen molar-refractivity contribution in [2.45, 2.75) is 31.6 Å². The molecule has 1 aliphatic rings. The first kappa shape index (κ1) is 22.7. The molecule has 1 aromatic rings. The van der Waals surface area contributed by atoms with Gasteiger partial charge < -0.3 is 15.5 Å². The van der Waals surface area contributed by atoms with Crippen LogP contribution in [-0.2, 0) is 14.8 Å². The van der Waals surface area contributed by atoms with Gasteiger partial charge in [0.05, 0.1) is 23.5 Å². The summed E-state index contributed by atoms with van der Waals surface area (Å²) >= 11 is 0. The Morgan fingerprint density at radius 2 is 1.83 bits per heavy atom. The highest BCUT2D eigenvalue weighted by Crippen LogP contribution is 2.28. The number of nitrogens with one attached hydrogen (secondary N) is 2. The predicted molar refractivity (Wildman–Crippen MR) is 112 cm³/mol. The number of nitrogens with zero attached hydrogens (tertiary/aromatic N) is 2. The monoisotopic (exact) mass is 420 g/mol. The Bertz CT molecular complexity index is 882. The van der Waals surface area contributed by atoms with E-state index < -0.39 is 21.8 Å². The molecule has 2 N–H and O–H groups in total. The third-order valence-electron chi connectivity index (χ3n) is 4.80. The third-order valence-corrected chi connectivity index (χ3v) is 6.85. The van der Waals surface area contributed by atoms with Crippen LogP contribution < -0.4 is 15.5 Å². The van der Waals surface area contributed by atoms with Gasteiger partial charge in [-0.1, -0.05) is 19.8 Å². The highest BCUT2D eigenvalue weighted by molar-refractivity contribution is 7.89. The van der Waals surface area contributed by atoms with Gasteiger partial charge in [0, 0.05) is 31.9 Å². The molecule has 1 saturated heterocycles. The van der Waals surface area contributed by atoms with Crippen molar-refractivity contribution < 1.29 is 18.0 Å². The maximum atomic E-state index is 12.9. The molecular weight excluding hydrogens is 392 g/mol. The second kappa shape index (κ2) is 10.3. The third kappa shape index (κ3) is 5.49. The van der Waals surface area contributed by atoms with Crippen molar-refractivity contribution in [2.75, 3.05) is 44.2 Å². The summed E-state index contributed by atoms with van der Waals surface area (Å²) in [5, 5.41) is 5.02. The fourth-order valence-corrected chi connectivity index (χ4v) is 4.76. The average molecular weight is 421 g/mol. The number of terminal acetylenes is 1. The van der Waals surface area contributed by atoms with Crippen LogP contribution in [0, 0.1) is 12.3 Å². The van der Waals surface area contributed by atoms with Crippen LogP contribution in [-0.4, -0.2) is 63.8 Å². The zero-order valence-electron chi connectivity index (χ0n) is 16.9. The van der Waals surface area contributed by atoms with Crippen molar-refractivity contribution in [3.05, 3.63) is 23.8 Å². The lowest BCUT2D eigenvalue weighted by Gasteiger charge is -2.23. The molecule has 0 radical (unpaired) electrons. The molecule has 9 heteroatoms. The van der Waals surface area contributed by atoms with E-state index >= 15 is 0 Å². The lowest BCUT2D eigenvalue weighted by molar-refractivity contribution is -0.119. The molecule has 0 saturated carbocycles. The molecular formula is C20H28N4O4S. The minimum Gasteiger partial charge on any atom is -0.371 e. The number of benzene rings is 1. The number of anilines is 1. The normalized spacial score (nSPS) is 13.9. The molecule has 0 bridgehead atoms. The molecule has 1 heterocycles. The van der Waals surface area contributed by atoms with E-state index in [1.807, 2.05) is 0 Å². The second-order valence-corrected chi connectivity index (χ2v) is 8.56. The van der Waals surface area contributed by atoms with Crippen LogP contribution >= 0.6 is 0 Å². The maximum absolute atomic E-state index is 12.9. The van der Waals surface area contributed by atoms with Gasteiger partial charge in [-0.3, -0.25) is 9.59 Å². The Morgan fingerprint density at radius 1 is 1.17 bits per heavy atom. The minimum atomic E-state index is -3.71. The summed E-state index contributed by atoms with van der Waals surface area (Å²) in [6.45, 7) is 5.63. The molecule has 0 aliphatic carbocycles. The smallest absolute Gasteiger partial charge is 0.253 e. The highest BCUT2D eigenvalue weighted by Gasteiger charge is 2.26. The van der Waals surface area contributed by atoms with Gasteiger partial charge in [0.1, 0.15) is 0 Å². The maximum Gasteiger partial charge on any atom is 0.253 e. The Kier molecular flexibility index (Phi) is 8.05. The lowest BCUT2D eigenvalue weighted by Crippen LogP contribution is -2.38. The van der Waals surface area contributed by atoms with Gasteiger partial charge in [0.25, 0.3) is 5.91 Å². The van der Waals surface area contributed by atoms with Crippen molar-refractivity contribution in [3.63, 3.8) is 0 Å². The second-order valence-electron chi connectivity index (χ2n) is 6.63. The van der Waals surface area contributed by atoms with Crippen molar-refractivity contribution in [1.29, 1.82) is 0 Å². The van der Waals surface area contributed by atoms with E-state index in [0.29, 0.717) is 18.8 Å². The Morgan fingerprint density at radius 3 is 2.41 bits per heavy atom. The Labute approximate surface area is 172 Å². The average Bonchev–Trinajstić information content (AvgIpc) is 3.25. The van der Waals surface area contributed by atoms with Crippen LogP contribution in [0.25, 0.3) is 0 Å². The van der Waals surface area contributed by atoms with Gasteiger partial charge in [-0.15, -0.1) is 6.42 Å². The molecule has 8 nitrogen and oxygen atoms in total. The van der Waals surface area contributed by atoms with Crippen LogP contribution in [0.15, 0.2) is 23.1 Å². The van der Waals surface area contributed by atoms with Gasteiger partial charge in [0.2, 0.25) is 15.9 Å². The molecule has 1 aromatic carbocycles. The standard InChI is InChI=1S/C20H28N4O4S/c1-4-11-21-19(25)15-22-20(26)17-14-16(29(27,28)24(5-2)6-3)9-10-18(17)23-12-7-8-13-23/h1,9-10,14H,5-8,11-13,15H2,2-3H3,(H,21,25)(H,22,26). The van der Waals surface area contributed by atoms with E-state index in [4.69, 9.17) is 6.42 Å². The quantitative estimate of drug-likeness (QED) is 0.576. The van der Waals surface area contributed by atoms with Crippen molar-refractivity contribution in [1.82, 2.24) is 14.9 Å². The van der Waals surface area contributed by atoms with Crippen LogP contribution in [0.1, 0.15) is 37.0 Å². The molecule has 0 aromatic heterocycles. The molecule has 1 fully saturated rings. The zero-order valence-corrected chi connectivity index (χ0v) is 17.7. The summed E-state index contributed by atoms with van der Waals surface area (Å²) in [5.74, 6) is 1.38. The number of hydrogen-bond donors (Lipinski definition) is 2. The predicted octanol–water partition coefficient (Wildman–Crippen LogP) is 0.797. The topological polar surface area (TPSA) is 98.8 Å². The van der Waals surface area contributed by atoms with Crippen LogP contribution in [0.4, 0.5) is 5.69 Å². The van der Waals surface area contributed by atoms with E-state index in [-0.39, 0.29) is 23.5 Å². The SMILES string of the molecule is C#CCNC(=O)CNC(=O)c1cc(S(=O)(=O)N(CC)CC)ccc1N1CCCC1.